The van der Waals surface area contributed by atoms with Crippen LogP contribution >= 0.6 is 62.3 Å². The third-order valence-electron chi connectivity index (χ3n) is 2.45. The molecule has 1 aliphatic carbocycles. The molecule has 0 atom stereocenters. The molecule has 2 nitrogen and oxygen atoms in total. The zero-order valence-electron chi connectivity index (χ0n) is 7.94. The Morgan fingerprint density at radius 3 is 2.06 bits per heavy atom. The Morgan fingerprint density at radius 1 is 0.941 bits per heavy atom. The van der Waals surface area contributed by atoms with Crippen molar-refractivity contribution >= 4 is 73.9 Å². The predicted molar refractivity (Wildman–Crippen MR) is 71.7 cm³/mol. The molecule has 0 aliphatic heterocycles. The molecule has 0 saturated carbocycles. The summed E-state index contributed by atoms with van der Waals surface area (Å²) >= 11 is 26.4. The summed E-state index contributed by atoms with van der Waals surface area (Å²) in [7, 11) is 0. The molecule has 1 aliphatic rings. The van der Waals surface area contributed by atoms with E-state index in [1.165, 1.54) is 6.07 Å². The quantitative estimate of drug-likeness (QED) is 0.637. The van der Waals surface area contributed by atoms with Crippen molar-refractivity contribution in [3.8, 4) is 0 Å². The van der Waals surface area contributed by atoms with Gasteiger partial charge < -0.3 is 0 Å². The van der Waals surface area contributed by atoms with Gasteiger partial charge in [-0.15, -0.1) is 0 Å². The van der Waals surface area contributed by atoms with Crippen LogP contribution in [-0.2, 0) is 0 Å². The minimum atomic E-state index is -2.20. The van der Waals surface area contributed by atoms with Gasteiger partial charge in [0, 0.05) is 15.6 Å². The first-order chi connectivity index (χ1) is 7.71. The second kappa shape index (κ2) is 4.10. The lowest BCUT2D eigenvalue weighted by molar-refractivity contribution is 0.0868. The minimum absolute atomic E-state index is 0.0967. The van der Waals surface area contributed by atoms with Gasteiger partial charge in [0.15, 0.2) is 0 Å². The number of benzene rings is 1. The molecule has 0 radical (unpaired) electrons. The van der Waals surface area contributed by atoms with Crippen molar-refractivity contribution in [1.82, 2.24) is 0 Å². The lowest BCUT2D eigenvalue weighted by Crippen LogP contribution is -2.53. The third-order valence-corrected chi connectivity index (χ3v) is 5.32. The SMILES string of the molecule is O=C1c2cccc(Br)c2C(=O)C(Cl)(Cl)C1(Cl)Cl. The Hall–Kier alpha value is 0.200. The molecule has 7 heteroatoms. The Bertz CT molecular complexity index is 539. The standard InChI is InChI=1S/C10H3BrCl4O2/c11-5-3-1-2-4-6(5)8(17)10(14,15)9(12,13)7(4)16/h1-3H. The van der Waals surface area contributed by atoms with Gasteiger partial charge >= 0.3 is 0 Å². The lowest BCUT2D eigenvalue weighted by Gasteiger charge is -2.35. The van der Waals surface area contributed by atoms with Crippen LogP contribution in [0.1, 0.15) is 20.7 Å². The van der Waals surface area contributed by atoms with Gasteiger partial charge in [-0.25, -0.2) is 0 Å². The Morgan fingerprint density at radius 2 is 1.47 bits per heavy atom. The number of hydrogen-bond donors (Lipinski definition) is 0. The van der Waals surface area contributed by atoms with E-state index < -0.39 is 20.2 Å². The first-order valence-corrected chi connectivity index (χ1v) is 6.65. The van der Waals surface area contributed by atoms with Crippen molar-refractivity contribution in [2.24, 2.45) is 0 Å². The summed E-state index contributed by atoms with van der Waals surface area (Å²) in [4.78, 5) is 24.2. The molecule has 0 fully saturated rings. The van der Waals surface area contributed by atoms with Gasteiger partial charge in [0.2, 0.25) is 20.2 Å². The molecule has 0 amide bonds. The number of hydrogen-bond acceptors (Lipinski definition) is 2. The highest BCUT2D eigenvalue weighted by Crippen LogP contribution is 2.51. The van der Waals surface area contributed by atoms with Crippen LogP contribution in [0.15, 0.2) is 22.7 Å². The highest BCUT2D eigenvalue weighted by molar-refractivity contribution is 9.10. The monoisotopic (exact) mass is 374 g/mol. The fourth-order valence-corrected chi connectivity index (χ4v) is 2.84. The lowest BCUT2D eigenvalue weighted by atomic mass is 9.88. The molecule has 0 bridgehead atoms. The summed E-state index contributed by atoms with van der Waals surface area (Å²) in [6.45, 7) is 0. The van der Waals surface area contributed by atoms with Gasteiger partial charge in [0.05, 0.1) is 0 Å². The number of halogens is 5. The van der Waals surface area contributed by atoms with Gasteiger partial charge in [0.25, 0.3) is 0 Å². The molecule has 17 heavy (non-hydrogen) atoms. The molecule has 2 rings (SSSR count). The van der Waals surface area contributed by atoms with Crippen molar-refractivity contribution in [3.63, 3.8) is 0 Å². The number of carbonyl (C=O) groups is 2. The van der Waals surface area contributed by atoms with E-state index in [-0.39, 0.29) is 11.1 Å². The minimum Gasteiger partial charge on any atom is -0.291 e. The fraction of sp³-hybridized carbons (Fsp3) is 0.200. The maximum Gasteiger partial charge on any atom is 0.220 e. The van der Waals surface area contributed by atoms with Gasteiger partial charge in [-0.2, -0.15) is 0 Å². The summed E-state index contributed by atoms with van der Waals surface area (Å²) in [6.07, 6.45) is 0. The van der Waals surface area contributed by atoms with Crippen LogP contribution in [0.2, 0.25) is 0 Å². The van der Waals surface area contributed by atoms with Gasteiger partial charge in [-0.1, -0.05) is 74.5 Å². The second-order valence-electron chi connectivity index (χ2n) is 3.47. The Kier molecular flexibility index (Phi) is 3.29. The maximum atomic E-state index is 12.1. The van der Waals surface area contributed by atoms with Gasteiger partial charge in [-0.3, -0.25) is 9.59 Å². The van der Waals surface area contributed by atoms with E-state index >= 15 is 0 Å². The number of ketones is 2. The highest BCUT2D eigenvalue weighted by atomic mass is 79.9. The van der Waals surface area contributed by atoms with E-state index in [1.54, 1.807) is 12.1 Å². The molecule has 0 spiro atoms. The molecule has 1 aromatic rings. The van der Waals surface area contributed by atoms with Crippen LogP contribution < -0.4 is 0 Å². The summed E-state index contributed by atoms with van der Waals surface area (Å²) < 4.78 is -3.98. The highest BCUT2D eigenvalue weighted by Gasteiger charge is 2.62. The normalized spacial score (nSPS) is 21.2. The Labute approximate surface area is 125 Å². The van der Waals surface area contributed by atoms with Gasteiger partial charge in [0.1, 0.15) is 0 Å². The maximum absolute atomic E-state index is 12.1. The van der Waals surface area contributed by atoms with E-state index in [0.29, 0.717) is 4.47 Å². The molecule has 0 aromatic heterocycles. The number of rotatable bonds is 0. The number of alkyl halides is 4. The first-order valence-electron chi connectivity index (χ1n) is 4.35. The molecular weight excluding hydrogens is 374 g/mol. The zero-order chi connectivity index (χ0) is 13.0. The number of fused-ring (bicyclic) bond motifs is 1. The smallest absolute Gasteiger partial charge is 0.220 e. The van der Waals surface area contributed by atoms with Crippen molar-refractivity contribution in [2.45, 2.75) is 8.67 Å². The molecule has 0 unspecified atom stereocenters. The summed E-state index contributed by atoms with van der Waals surface area (Å²) in [5, 5.41) is 0. The van der Waals surface area contributed by atoms with Crippen LogP contribution in [0.4, 0.5) is 0 Å². The second-order valence-corrected chi connectivity index (χ2v) is 6.98. The zero-order valence-corrected chi connectivity index (χ0v) is 12.5. The predicted octanol–water partition coefficient (Wildman–Crippen LogP) is 4.18. The van der Waals surface area contributed by atoms with Crippen LogP contribution in [0, 0.1) is 0 Å². The summed E-state index contributed by atoms with van der Waals surface area (Å²) in [5.74, 6) is -1.39. The topological polar surface area (TPSA) is 34.1 Å². The summed E-state index contributed by atoms with van der Waals surface area (Å²) in [5.41, 5.74) is 0.200. The van der Waals surface area contributed by atoms with E-state index in [1.807, 2.05) is 0 Å². The fourth-order valence-electron chi connectivity index (χ4n) is 1.56. The van der Waals surface area contributed by atoms with Crippen molar-refractivity contribution in [1.29, 1.82) is 0 Å². The number of Topliss-reactive ketones (excluding diaryl/α,β-unsaturated/α-hetero) is 2. The van der Waals surface area contributed by atoms with Crippen LogP contribution in [-0.4, -0.2) is 20.2 Å². The van der Waals surface area contributed by atoms with E-state index in [4.69, 9.17) is 46.4 Å². The first kappa shape index (κ1) is 13.6. The average Bonchev–Trinajstić information content (AvgIpc) is 2.25. The van der Waals surface area contributed by atoms with E-state index in [9.17, 15) is 9.59 Å². The molecule has 90 valence electrons. The van der Waals surface area contributed by atoms with Crippen molar-refractivity contribution in [3.05, 3.63) is 33.8 Å². The van der Waals surface area contributed by atoms with Crippen molar-refractivity contribution < 1.29 is 9.59 Å². The molecule has 0 heterocycles. The van der Waals surface area contributed by atoms with Crippen LogP contribution in [0.5, 0.6) is 0 Å². The third kappa shape index (κ3) is 1.75. The van der Waals surface area contributed by atoms with E-state index in [2.05, 4.69) is 15.9 Å². The number of carbonyl (C=O) groups excluding carboxylic acids is 2. The molecule has 0 N–H and O–H groups in total. The Balaban J connectivity index is 2.82. The van der Waals surface area contributed by atoms with E-state index in [0.717, 1.165) is 0 Å². The van der Waals surface area contributed by atoms with Gasteiger partial charge in [-0.05, 0) is 6.07 Å². The molecule has 1 aromatic carbocycles. The van der Waals surface area contributed by atoms with Crippen molar-refractivity contribution in [2.75, 3.05) is 0 Å². The van der Waals surface area contributed by atoms with Crippen LogP contribution in [0.3, 0.4) is 0 Å². The largest absolute Gasteiger partial charge is 0.291 e. The molecular formula is C10H3BrCl4O2. The summed E-state index contributed by atoms with van der Waals surface area (Å²) in [6, 6.07) is 4.64. The molecule has 0 saturated heterocycles. The average molecular weight is 377 g/mol. The van der Waals surface area contributed by atoms with Crippen LogP contribution in [0.25, 0.3) is 0 Å².